The lowest BCUT2D eigenvalue weighted by Gasteiger charge is -2.35. The van der Waals surface area contributed by atoms with E-state index in [1.54, 1.807) is 24.3 Å². The summed E-state index contributed by atoms with van der Waals surface area (Å²) in [5.74, 6) is 1.76. The second kappa shape index (κ2) is 5.26. The molecule has 4 heteroatoms. The summed E-state index contributed by atoms with van der Waals surface area (Å²) in [6, 6.07) is 10.5. The Hall–Kier alpha value is -2.49. The first-order chi connectivity index (χ1) is 11.4. The van der Waals surface area contributed by atoms with E-state index in [-0.39, 0.29) is 23.2 Å². The Kier molecular flexibility index (Phi) is 3.30. The monoisotopic (exact) mass is 324 g/mol. The normalized spacial score (nSPS) is 21.2. The van der Waals surface area contributed by atoms with Crippen LogP contribution < -0.4 is 9.47 Å². The van der Waals surface area contributed by atoms with Crippen LogP contribution in [0.5, 0.6) is 17.2 Å². The smallest absolute Gasteiger partial charge is 0.170 e. The second-order valence-electron chi connectivity index (χ2n) is 7.11. The molecule has 4 nitrogen and oxygen atoms in total. The van der Waals surface area contributed by atoms with Crippen molar-refractivity contribution >= 4 is 5.78 Å². The van der Waals surface area contributed by atoms with Crippen LogP contribution >= 0.6 is 0 Å². The molecule has 0 bridgehead atoms. The highest BCUT2D eigenvalue weighted by Gasteiger charge is 2.35. The fourth-order valence-electron chi connectivity index (χ4n) is 3.41. The van der Waals surface area contributed by atoms with Crippen molar-refractivity contribution in [1.82, 2.24) is 0 Å². The molecule has 0 fully saturated rings. The predicted molar refractivity (Wildman–Crippen MR) is 89.9 cm³/mol. The molecule has 4 rings (SSSR count). The quantitative estimate of drug-likeness (QED) is 0.854. The zero-order chi connectivity index (χ0) is 16.9. The highest BCUT2D eigenvalue weighted by molar-refractivity contribution is 6.00. The van der Waals surface area contributed by atoms with Gasteiger partial charge in [-0.2, -0.15) is 0 Å². The van der Waals surface area contributed by atoms with E-state index in [9.17, 15) is 9.90 Å². The fraction of sp³-hybridized carbons (Fsp3) is 0.350. The lowest BCUT2D eigenvalue weighted by Crippen LogP contribution is -2.33. The Labute approximate surface area is 141 Å². The van der Waals surface area contributed by atoms with Gasteiger partial charge in [0.25, 0.3) is 0 Å². The van der Waals surface area contributed by atoms with Crippen LogP contribution in [0.15, 0.2) is 36.4 Å². The van der Waals surface area contributed by atoms with Gasteiger partial charge in [0.1, 0.15) is 29.0 Å². The summed E-state index contributed by atoms with van der Waals surface area (Å²) in [7, 11) is 0. The Balaban J connectivity index is 1.73. The number of carbonyl (C=O) groups is 1. The van der Waals surface area contributed by atoms with Gasteiger partial charge in [0, 0.05) is 5.56 Å². The van der Waals surface area contributed by atoms with Gasteiger partial charge in [-0.3, -0.25) is 4.79 Å². The molecule has 2 aliphatic rings. The SMILES string of the molecule is CC1(C)CCc2c(ccc3c2OC(c2ccc(O)cc2)CC3=O)O1. The summed E-state index contributed by atoms with van der Waals surface area (Å²) in [5.41, 5.74) is 2.33. The number of benzene rings is 2. The zero-order valence-corrected chi connectivity index (χ0v) is 13.8. The first-order valence-electron chi connectivity index (χ1n) is 8.27. The van der Waals surface area contributed by atoms with E-state index in [2.05, 4.69) is 13.8 Å². The lowest BCUT2D eigenvalue weighted by molar-refractivity contribution is 0.0767. The minimum absolute atomic E-state index is 0.0851. The number of hydrogen-bond acceptors (Lipinski definition) is 4. The van der Waals surface area contributed by atoms with Crippen LogP contribution in [0.4, 0.5) is 0 Å². The molecule has 0 aliphatic carbocycles. The molecule has 2 aromatic rings. The van der Waals surface area contributed by atoms with Crippen molar-refractivity contribution in [3.8, 4) is 17.2 Å². The molecule has 24 heavy (non-hydrogen) atoms. The van der Waals surface area contributed by atoms with E-state index in [0.717, 1.165) is 29.7 Å². The maximum atomic E-state index is 12.6. The number of aromatic hydroxyl groups is 1. The number of ether oxygens (including phenoxy) is 2. The summed E-state index contributed by atoms with van der Waals surface area (Å²) in [6.45, 7) is 4.14. The molecule has 2 heterocycles. The number of phenols is 1. The molecule has 124 valence electrons. The third kappa shape index (κ3) is 2.52. The molecule has 2 aromatic carbocycles. The van der Waals surface area contributed by atoms with Gasteiger partial charge in [0.05, 0.1) is 12.0 Å². The van der Waals surface area contributed by atoms with Crippen molar-refractivity contribution in [2.75, 3.05) is 0 Å². The summed E-state index contributed by atoms with van der Waals surface area (Å²) in [5, 5.41) is 9.45. The van der Waals surface area contributed by atoms with Crippen molar-refractivity contribution in [3.05, 3.63) is 53.1 Å². The molecule has 0 saturated carbocycles. The molecule has 0 radical (unpaired) electrons. The fourth-order valence-corrected chi connectivity index (χ4v) is 3.41. The maximum absolute atomic E-state index is 12.6. The number of Topliss-reactive ketones (excluding diaryl/α,β-unsaturated/α-hetero) is 1. The van der Waals surface area contributed by atoms with E-state index in [1.165, 1.54) is 0 Å². The summed E-state index contributed by atoms with van der Waals surface area (Å²) in [6.07, 6.45) is 1.70. The summed E-state index contributed by atoms with van der Waals surface area (Å²) >= 11 is 0. The van der Waals surface area contributed by atoms with E-state index >= 15 is 0 Å². The largest absolute Gasteiger partial charge is 0.508 e. The number of fused-ring (bicyclic) bond motifs is 3. The van der Waals surface area contributed by atoms with Crippen molar-refractivity contribution in [2.24, 2.45) is 0 Å². The Morgan fingerprint density at radius 1 is 1.12 bits per heavy atom. The molecule has 1 N–H and O–H groups in total. The van der Waals surface area contributed by atoms with Crippen LogP contribution in [0, 0.1) is 0 Å². The Bertz CT molecular complexity index is 805. The van der Waals surface area contributed by atoms with Crippen LogP contribution in [0.3, 0.4) is 0 Å². The van der Waals surface area contributed by atoms with E-state index in [4.69, 9.17) is 9.47 Å². The Morgan fingerprint density at radius 3 is 2.62 bits per heavy atom. The number of hydrogen-bond donors (Lipinski definition) is 1. The van der Waals surface area contributed by atoms with Crippen LogP contribution in [-0.2, 0) is 6.42 Å². The number of phenolic OH excluding ortho intramolecular Hbond substituents is 1. The van der Waals surface area contributed by atoms with Gasteiger partial charge < -0.3 is 14.6 Å². The first-order valence-corrected chi connectivity index (χ1v) is 8.27. The number of ketones is 1. The minimum Gasteiger partial charge on any atom is -0.508 e. The van der Waals surface area contributed by atoms with Crippen molar-refractivity contribution in [2.45, 2.75) is 44.8 Å². The van der Waals surface area contributed by atoms with Gasteiger partial charge in [-0.05, 0) is 56.5 Å². The van der Waals surface area contributed by atoms with Crippen LogP contribution in [0.1, 0.15) is 54.3 Å². The summed E-state index contributed by atoms with van der Waals surface area (Å²) < 4.78 is 12.3. The highest BCUT2D eigenvalue weighted by atomic mass is 16.5. The van der Waals surface area contributed by atoms with Gasteiger partial charge in [-0.25, -0.2) is 0 Å². The van der Waals surface area contributed by atoms with Crippen molar-refractivity contribution < 1.29 is 19.4 Å². The third-order valence-corrected chi connectivity index (χ3v) is 4.78. The molecule has 0 aromatic heterocycles. The van der Waals surface area contributed by atoms with Crippen molar-refractivity contribution in [3.63, 3.8) is 0 Å². The first kappa shape index (κ1) is 15.1. The maximum Gasteiger partial charge on any atom is 0.170 e. The number of rotatable bonds is 1. The lowest BCUT2D eigenvalue weighted by atomic mass is 9.89. The zero-order valence-electron chi connectivity index (χ0n) is 13.8. The molecule has 0 amide bonds. The molecule has 0 saturated heterocycles. The van der Waals surface area contributed by atoms with Crippen LogP contribution in [0.25, 0.3) is 0 Å². The topological polar surface area (TPSA) is 55.8 Å². The van der Waals surface area contributed by atoms with Gasteiger partial charge in [0.2, 0.25) is 0 Å². The van der Waals surface area contributed by atoms with E-state index in [0.29, 0.717) is 17.7 Å². The average molecular weight is 324 g/mol. The van der Waals surface area contributed by atoms with Crippen LogP contribution in [0.2, 0.25) is 0 Å². The standard InChI is InChI=1S/C20H20O4/c1-20(2)10-9-15-17(24-20)8-7-14-16(22)11-18(23-19(14)15)12-3-5-13(21)6-4-12/h3-8,18,21H,9-11H2,1-2H3. The van der Waals surface area contributed by atoms with E-state index < -0.39 is 0 Å². The van der Waals surface area contributed by atoms with Crippen LogP contribution in [-0.4, -0.2) is 16.5 Å². The highest BCUT2D eigenvalue weighted by Crippen LogP contribution is 2.45. The molecule has 1 atom stereocenters. The molecule has 0 spiro atoms. The molecular weight excluding hydrogens is 304 g/mol. The van der Waals surface area contributed by atoms with Gasteiger partial charge in [0.15, 0.2) is 5.78 Å². The predicted octanol–water partition coefficient (Wildman–Crippen LogP) is 4.20. The summed E-state index contributed by atoms with van der Waals surface area (Å²) in [4.78, 5) is 12.6. The molecule has 1 unspecified atom stereocenters. The average Bonchev–Trinajstić information content (AvgIpc) is 2.54. The molecule has 2 aliphatic heterocycles. The Morgan fingerprint density at radius 2 is 1.88 bits per heavy atom. The van der Waals surface area contributed by atoms with Gasteiger partial charge >= 0.3 is 0 Å². The van der Waals surface area contributed by atoms with Gasteiger partial charge in [-0.1, -0.05) is 12.1 Å². The van der Waals surface area contributed by atoms with Gasteiger partial charge in [-0.15, -0.1) is 0 Å². The third-order valence-electron chi connectivity index (χ3n) is 4.78. The van der Waals surface area contributed by atoms with E-state index in [1.807, 2.05) is 12.1 Å². The molecular formula is C20H20O4. The minimum atomic E-state index is -0.327. The number of carbonyl (C=O) groups excluding carboxylic acids is 1. The van der Waals surface area contributed by atoms with Crippen molar-refractivity contribution in [1.29, 1.82) is 0 Å². The second-order valence-corrected chi connectivity index (χ2v) is 7.11.